The molecule has 0 spiro atoms. The molecule has 0 saturated heterocycles. The molecular formula is C16H17ClN2OS. The second kappa shape index (κ2) is 7.38. The molecule has 2 aromatic carbocycles. The highest BCUT2D eigenvalue weighted by atomic mass is 35.5. The van der Waals surface area contributed by atoms with Crippen LogP contribution in [0.5, 0.6) is 0 Å². The van der Waals surface area contributed by atoms with Gasteiger partial charge in [0, 0.05) is 11.4 Å². The van der Waals surface area contributed by atoms with Crippen LogP contribution in [0, 0.1) is 6.92 Å². The molecule has 0 aliphatic heterocycles. The Balaban J connectivity index is 2.10. The number of carbonyl (C=O) groups excluding carboxylic acids is 1. The Kier molecular flexibility index (Phi) is 5.53. The third kappa shape index (κ3) is 4.16. The Hall–Kier alpha value is -1.65. The van der Waals surface area contributed by atoms with Gasteiger partial charge in [0.2, 0.25) is 0 Å². The molecule has 2 amide bonds. The van der Waals surface area contributed by atoms with Crippen LogP contribution in [0.1, 0.15) is 12.5 Å². The highest BCUT2D eigenvalue weighted by Gasteiger charge is 2.15. The van der Waals surface area contributed by atoms with Crippen LogP contribution in [0.4, 0.5) is 10.5 Å². The van der Waals surface area contributed by atoms with Gasteiger partial charge in [0.25, 0.3) is 0 Å². The number of aryl methyl sites for hydroxylation is 1. The van der Waals surface area contributed by atoms with Crippen LogP contribution in [0.15, 0.2) is 53.4 Å². The number of benzene rings is 2. The third-order valence-electron chi connectivity index (χ3n) is 2.93. The first-order valence-electron chi connectivity index (χ1n) is 6.68. The molecule has 3 nitrogen and oxygen atoms in total. The van der Waals surface area contributed by atoms with Crippen LogP contribution in [-0.4, -0.2) is 16.9 Å². The highest BCUT2D eigenvalue weighted by molar-refractivity contribution is 7.97. The van der Waals surface area contributed by atoms with Gasteiger partial charge < -0.3 is 5.32 Å². The number of amides is 2. The van der Waals surface area contributed by atoms with E-state index >= 15 is 0 Å². The molecule has 0 heterocycles. The zero-order valence-electron chi connectivity index (χ0n) is 12.0. The zero-order chi connectivity index (χ0) is 15.2. The van der Waals surface area contributed by atoms with Gasteiger partial charge in [-0.25, -0.2) is 4.79 Å². The van der Waals surface area contributed by atoms with E-state index in [4.69, 9.17) is 11.6 Å². The summed E-state index contributed by atoms with van der Waals surface area (Å²) >= 11 is 7.55. The summed E-state index contributed by atoms with van der Waals surface area (Å²) in [5.74, 6) is 0. The number of carbonyl (C=O) groups is 1. The Morgan fingerprint density at radius 2 is 1.90 bits per heavy atom. The fraction of sp³-hybridized carbons (Fsp3) is 0.188. The van der Waals surface area contributed by atoms with E-state index in [0.717, 1.165) is 10.5 Å². The topological polar surface area (TPSA) is 32.3 Å². The zero-order valence-corrected chi connectivity index (χ0v) is 13.5. The largest absolute Gasteiger partial charge is 0.332 e. The quantitative estimate of drug-likeness (QED) is 0.784. The summed E-state index contributed by atoms with van der Waals surface area (Å²) in [5, 5.41) is 3.43. The molecule has 0 unspecified atom stereocenters. The summed E-state index contributed by atoms with van der Waals surface area (Å²) in [6.45, 7) is 4.45. The smallest absolute Gasteiger partial charge is 0.305 e. The van der Waals surface area contributed by atoms with Crippen LogP contribution in [0.25, 0.3) is 0 Å². The van der Waals surface area contributed by atoms with E-state index in [9.17, 15) is 4.79 Å². The molecule has 21 heavy (non-hydrogen) atoms. The normalized spacial score (nSPS) is 10.2. The lowest BCUT2D eigenvalue weighted by atomic mass is 10.2. The Labute approximate surface area is 134 Å². The molecule has 0 bridgehead atoms. The van der Waals surface area contributed by atoms with Crippen LogP contribution in [0.2, 0.25) is 5.02 Å². The van der Waals surface area contributed by atoms with Crippen LogP contribution >= 0.6 is 23.5 Å². The van der Waals surface area contributed by atoms with Gasteiger partial charge in [-0.2, -0.15) is 0 Å². The van der Waals surface area contributed by atoms with Gasteiger partial charge in [-0.3, -0.25) is 4.31 Å². The van der Waals surface area contributed by atoms with Gasteiger partial charge in [0.15, 0.2) is 0 Å². The fourth-order valence-electron chi connectivity index (χ4n) is 1.82. The van der Waals surface area contributed by atoms with Crippen LogP contribution in [0.3, 0.4) is 0 Å². The molecule has 2 rings (SSSR count). The summed E-state index contributed by atoms with van der Waals surface area (Å²) in [6, 6.07) is 15.2. The van der Waals surface area contributed by atoms with Crippen LogP contribution < -0.4 is 5.32 Å². The maximum Gasteiger partial charge on any atom is 0.332 e. The molecule has 0 atom stereocenters. The minimum absolute atomic E-state index is 0.178. The average Bonchev–Trinajstić information content (AvgIpc) is 2.49. The van der Waals surface area contributed by atoms with Crippen molar-refractivity contribution in [2.24, 2.45) is 0 Å². The van der Waals surface area contributed by atoms with E-state index in [0.29, 0.717) is 17.3 Å². The number of urea groups is 1. The Bertz CT molecular complexity index is 599. The summed E-state index contributed by atoms with van der Waals surface area (Å²) in [6.07, 6.45) is 0. The molecular weight excluding hydrogens is 304 g/mol. The fourth-order valence-corrected chi connectivity index (χ4v) is 2.88. The number of hydrogen-bond acceptors (Lipinski definition) is 2. The number of nitrogens with one attached hydrogen (secondary N) is 1. The average molecular weight is 321 g/mol. The van der Waals surface area contributed by atoms with Crippen molar-refractivity contribution in [3.63, 3.8) is 0 Å². The molecule has 0 aliphatic carbocycles. The minimum Gasteiger partial charge on any atom is -0.305 e. The van der Waals surface area contributed by atoms with Crippen molar-refractivity contribution in [1.29, 1.82) is 0 Å². The first-order valence-corrected chi connectivity index (χ1v) is 7.83. The second-order valence-corrected chi connectivity index (χ2v) is 5.96. The van der Waals surface area contributed by atoms with Crippen molar-refractivity contribution in [3.05, 3.63) is 59.1 Å². The summed E-state index contributed by atoms with van der Waals surface area (Å²) < 4.78 is 1.66. The Morgan fingerprint density at radius 3 is 2.52 bits per heavy atom. The van der Waals surface area contributed by atoms with E-state index < -0.39 is 0 Å². The maximum atomic E-state index is 12.4. The van der Waals surface area contributed by atoms with Crippen molar-refractivity contribution < 1.29 is 4.79 Å². The molecule has 1 N–H and O–H groups in total. The molecule has 0 aromatic heterocycles. The standard InChI is InChI=1S/C16H17ClN2OS/c1-3-19(21-13-9-5-4-6-10-13)16(20)18-15-12(2)8-7-11-14(15)17/h4-11H,3H2,1-2H3,(H,18,20). The first kappa shape index (κ1) is 15.7. The predicted octanol–water partition coefficient (Wildman–Crippen LogP) is 5.21. The number of rotatable bonds is 4. The van der Waals surface area contributed by atoms with Gasteiger partial charge in [-0.05, 0) is 49.6 Å². The molecule has 110 valence electrons. The lowest BCUT2D eigenvalue weighted by Gasteiger charge is -2.21. The number of para-hydroxylation sites is 1. The highest BCUT2D eigenvalue weighted by Crippen LogP contribution is 2.27. The van der Waals surface area contributed by atoms with Gasteiger partial charge in [-0.1, -0.05) is 41.9 Å². The molecule has 2 aromatic rings. The van der Waals surface area contributed by atoms with Crippen molar-refractivity contribution in [3.8, 4) is 0 Å². The minimum atomic E-state index is -0.178. The monoisotopic (exact) mass is 320 g/mol. The van der Waals surface area contributed by atoms with E-state index in [1.54, 1.807) is 10.4 Å². The molecule has 0 saturated carbocycles. The summed E-state index contributed by atoms with van der Waals surface area (Å²) in [4.78, 5) is 13.4. The maximum absolute atomic E-state index is 12.4. The summed E-state index contributed by atoms with van der Waals surface area (Å²) in [7, 11) is 0. The Morgan fingerprint density at radius 1 is 1.19 bits per heavy atom. The number of anilines is 1. The molecule has 0 aliphatic rings. The SMILES string of the molecule is CCN(Sc1ccccc1)C(=O)Nc1c(C)cccc1Cl. The van der Waals surface area contributed by atoms with Gasteiger partial charge in [0.05, 0.1) is 10.7 Å². The van der Waals surface area contributed by atoms with E-state index in [1.165, 1.54) is 11.9 Å². The number of hydrogen-bond donors (Lipinski definition) is 1. The van der Waals surface area contributed by atoms with Crippen molar-refractivity contribution in [1.82, 2.24) is 4.31 Å². The predicted molar refractivity (Wildman–Crippen MR) is 89.9 cm³/mol. The lowest BCUT2D eigenvalue weighted by Crippen LogP contribution is -2.29. The van der Waals surface area contributed by atoms with E-state index in [1.807, 2.05) is 56.3 Å². The van der Waals surface area contributed by atoms with Crippen molar-refractivity contribution in [2.45, 2.75) is 18.7 Å². The van der Waals surface area contributed by atoms with E-state index in [-0.39, 0.29) is 6.03 Å². The molecule has 0 fully saturated rings. The molecule has 5 heteroatoms. The van der Waals surface area contributed by atoms with Gasteiger partial charge in [0.1, 0.15) is 0 Å². The second-order valence-electron chi connectivity index (χ2n) is 4.46. The van der Waals surface area contributed by atoms with Gasteiger partial charge in [-0.15, -0.1) is 0 Å². The summed E-state index contributed by atoms with van der Waals surface area (Å²) in [5.41, 5.74) is 1.60. The van der Waals surface area contributed by atoms with Crippen molar-refractivity contribution >= 4 is 35.3 Å². The third-order valence-corrected chi connectivity index (χ3v) is 4.37. The van der Waals surface area contributed by atoms with Gasteiger partial charge >= 0.3 is 6.03 Å². The lowest BCUT2D eigenvalue weighted by molar-refractivity contribution is 0.239. The number of nitrogens with zero attached hydrogens (tertiary/aromatic N) is 1. The van der Waals surface area contributed by atoms with E-state index in [2.05, 4.69) is 5.32 Å². The number of halogens is 1. The molecule has 0 radical (unpaired) electrons. The first-order chi connectivity index (χ1) is 10.1. The van der Waals surface area contributed by atoms with Crippen molar-refractivity contribution in [2.75, 3.05) is 11.9 Å². The van der Waals surface area contributed by atoms with Crippen LogP contribution in [-0.2, 0) is 0 Å².